The molecule has 24 heavy (non-hydrogen) atoms. The molecule has 1 heterocycles. The summed E-state index contributed by atoms with van der Waals surface area (Å²) in [5.74, 6) is -1.06. The largest absolute Gasteiger partial charge is 0.502 e. The Labute approximate surface area is 154 Å². The van der Waals surface area contributed by atoms with E-state index in [0.717, 1.165) is 4.70 Å². The number of hydrogen-bond acceptors (Lipinski definition) is 5. The molecule has 0 aliphatic heterocycles. The number of carbonyl (C=O) groups is 1. The molecule has 0 aliphatic carbocycles. The van der Waals surface area contributed by atoms with Crippen molar-refractivity contribution >= 4 is 62.0 Å². The number of aromatic nitrogens is 1. The molecule has 1 aromatic heterocycles. The van der Waals surface area contributed by atoms with E-state index in [-0.39, 0.29) is 10.1 Å². The molecule has 0 aliphatic rings. The van der Waals surface area contributed by atoms with Crippen LogP contribution in [0.2, 0.25) is 0 Å². The molecule has 0 radical (unpaired) electrons. The molecular weight excluding hydrogens is 364 g/mol. The van der Waals surface area contributed by atoms with Gasteiger partial charge in [0.2, 0.25) is 5.91 Å². The van der Waals surface area contributed by atoms with E-state index in [9.17, 15) is 15.0 Å². The van der Waals surface area contributed by atoms with Crippen LogP contribution in [0.1, 0.15) is 42.1 Å². The molecule has 0 fully saturated rings. The van der Waals surface area contributed by atoms with Crippen molar-refractivity contribution in [2.75, 3.05) is 0 Å². The maximum atomic E-state index is 11.3. The van der Waals surface area contributed by atoms with E-state index in [1.807, 2.05) is 13.8 Å². The number of aliphatic hydroxyl groups is 2. The van der Waals surface area contributed by atoms with Crippen molar-refractivity contribution in [3.05, 3.63) is 28.8 Å². The van der Waals surface area contributed by atoms with Gasteiger partial charge in [-0.25, -0.2) is 4.98 Å². The Morgan fingerprint density at radius 1 is 1.38 bits per heavy atom. The second-order valence-corrected chi connectivity index (χ2v) is 7.33. The van der Waals surface area contributed by atoms with Crippen LogP contribution in [0.25, 0.3) is 10.2 Å². The average Bonchev–Trinajstić information content (AvgIpc) is 2.94. The third-order valence-electron chi connectivity index (χ3n) is 4.29. The van der Waals surface area contributed by atoms with Gasteiger partial charge in [0, 0.05) is 11.5 Å². The van der Waals surface area contributed by atoms with Crippen LogP contribution >= 0.6 is 35.8 Å². The second-order valence-electron chi connectivity index (χ2n) is 5.49. The van der Waals surface area contributed by atoms with E-state index in [1.165, 1.54) is 11.3 Å². The number of benzene rings is 1. The number of hydrogen-bond donors (Lipinski definition) is 3. The molecule has 8 heteroatoms. The zero-order valence-electron chi connectivity index (χ0n) is 13.3. The molecular formula is C16H18N2O3S3. The van der Waals surface area contributed by atoms with Gasteiger partial charge in [-0.1, -0.05) is 13.8 Å². The molecule has 2 rings (SSSR count). The van der Waals surface area contributed by atoms with Crippen LogP contribution in [0.3, 0.4) is 0 Å². The first-order valence-corrected chi connectivity index (χ1v) is 9.08. The predicted octanol–water partition coefficient (Wildman–Crippen LogP) is 3.84. The fraction of sp³-hybridized carbons (Fsp3) is 0.375. The van der Waals surface area contributed by atoms with Crippen molar-refractivity contribution in [3.8, 4) is 0 Å². The molecule has 128 valence electrons. The van der Waals surface area contributed by atoms with E-state index in [4.69, 9.17) is 30.2 Å². The fourth-order valence-corrected chi connectivity index (χ4v) is 5.02. The predicted molar refractivity (Wildman–Crippen MR) is 104 cm³/mol. The minimum Gasteiger partial charge on any atom is -0.502 e. The van der Waals surface area contributed by atoms with Gasteiger partial charge in [0.25, 0.3) is 0 Å². The second kappa shape index (κ2) is 7.08. The molecule has 4 N–H and O–H groups in total. The first kappa shape index (κ1) is 18.7. The van der Waals surface area contributed by atoms with Crippen molar-refractivity contribution in [1.82, 2.24) is 4.98 Å². The molecule has 2 atom stereocenters. The molecule has 0 bridgehead atoms. The van der Waals surface area contributed by atoms with Gasteiger partial charge in [-0.15, -0.1) is 11.3 Å². The number of thiocarbonyl (C=S) groups is 2. The number of nitrogens with two attached hydrogens (primary N) is 1. The van der Waals surface area contributed by atoms with Crippen LogP contribution in [-0.4, -0.2) is 31.2 Å². The van der Waals surface area contributed by atoms with Crippen LogP contribution in [0.15, 0.2) is 18.2 Å². The molecule has 1 aromatic carbocycles. The Bertz CT molecular complexity index is 818. The van der Waals surface area contributed by atoms with Crippen LogP contribution in [-0.2, 0) is 5.41 Å². The number of thiazole rings is 1. The monoisotopic (exact) mass is 382 g/mol. The van der Waals surface area contributed by atoms with Crippen LogP contribution < -0.4 is 5.73 Å². The lowest BCUT2D eigenvalue weighted by molar-refractivity contribution is 0.100. The number of carbonyl (C=O) groups excluding carboxylic acids is 1. The van der Waals surface area contributed by atoms with Crippen molar-refractivity contribution in [3.63, 3.8) is 0 Å². The van der Waals surface area contributed by atoms with Gasteiger partial charge in [0.15, 0.2) is 10.1 Å². The summed E-state index contributed by atoms with van der Waals surface area (Å²) in [5, 5.41) is 20.4. The van der Waals surface area contributed by atoms with E-state index >= 15 is 0 Å². The Morgan fingerprint density at radius 2 is 2.04 bits per heavy atom. The van der Waals surface area contributed by atoms with E-state index in [1.54, 1.807) is 18.2 Å². The number of aliphatic hydroxyl groups excluding tert-OH is 2. The highest BCUT2D eigenvalue weighted by Gasteiger charge is 2.47. The summed E-state index contributed by atoms with van der Waals surface area (Å²) in [6.45, 7) is 3.73. The number of amides is 1. The zero-order valence-corrected chi connectivity index (χ0v) is 15.7. The maximum absolute atomic E-state index is 11.3. The minimum absolute atomic E-state index is 0.201. The topological polar surface area (TPSA) is 96.4 Å². The summed E-state index contributed by atoms with van der Waals surface area (Å²) in [5.41, 5.74) is 5.23. The van der Waals surface area contributed by atoms with Crippen LogP contribution in [0.4, 0.5) is 0 Å². The van der Waals surface area contributed by atoms with Crippen molar-refractivity contribution < 1.29 is 15.0 Å². The SMILES string of the molecule is CCC(C(O)=S)C(CC)(C(O)=S)c1nc2cc(C(N)=O)ccc2s1. The average molecular weight is 383 g/mol. The van der Waals surface area contributed by atoms with Gasteiger partial charge in [-0.05, 0) is 55.5 Å². The standard InChI is InChI=1S/C16H18N2O3S3/c1-3-9(13(20)22)16(4-2,15(21)23)14-18-10-7-8(12(17)19)5-6-11(10)24-14/h5-7,9H,3-4H2,1-2H3,(H2,17,19)(H,20,22)(H,21,23). The van der Waals surface area contributed by atoms with Crippen molar-refractivity contribution in [2.45, 2.75) is 32.1 Å². The van der Waals surface area contributed by atoms with Crippen molar-refractivity contribution in [1.29, 1.82) is 0 Å². The molecule has 0 spiro atoms. The highest BCUT2D eigenvalue weighted by molar-refractivity contribution is 7.80. The Morgan fingerprint density at radius 3 is 2.50 bits per heavy atom. The normalized spacial score (nSPS) is 14.9. The summed E-state index contributed by atoms with van der Waals surface area (Å²) in [7, 11) is 0. The van der Waals surface area contributed by atoms with Crippen LogP contribution in [0, 0.1) is 5.92 Å². The van der Waals surface area contributed by atoms with Gasteiger partial charge >= 0.3 is 0 Å². The molecule has 2 unspecified atom stereocenters. The summed E-state index contributed by atoms with van der Waals surface area (Å²) >= 11 is 11.5. The van der Waals surface area contributed by atoms with E-state index in [2.05, 4.69) is 4.98 Å². The third kappa shape index (κ3) is 3.01. The van der Waals surface area contributed by atoms with Gasteiger partial charge in [-0.3, -0.25) is 4.79 Å². The van der Waals surface area contributed by atoms with Crippen molar-refractivity contribution in [2.24, 2.45) is 11.7 Å². The summed E-state index contributed by atoms with van der Waals surface area (Å²) in [6, 6.07) is 5.00. The third-order valence-corrected chi connectivity index (χ3v) is 6.16. The minimum atomic E-state index is -1.04. The number of nitrogens with zero attached hydrogens (tertiary/aromatic N) is 1. The van der Waals surface area contributed by atoms with Crippen LogP contribution in [0.5, 0.6) is 0 Å². The number of fused-ring (bicyclic) bond motifs is 1. The lowest BCUT2D eigenvalue weighted by Gasteiger charge is -2.35. The molecule has 5 nitrogen and oxygen atoms in total. The lowest BCUT2D eigenvalue weighted by atomic mass is 9.73. The highest BCUT2D eigenvalue weighted by Crippen LogP contribution is 2.43. The summed E-state index contributed by atoms with van der Waals surface area (Å²) in [6.07, 6.45) is 0.941. The molecule has 1 amide bonds. The lowest BCUT2D eigenvalue weighted by Crippen LogP contribution is -2.44. The number of rotatable bonds is 7. The first-order chi connectivity index (χ1) is 11.3. The Balaban J connectivity index is 2.70. The quantitative estimate of drug-likeness (QED) is 0.630. The zero-order chi connectivity index (χ0) is 18.1. The molecule has 0 saturated heterocycles. The van der Waals surface area contributed by atoms with E-state index < -0.39 is 17.2 Å². The maximum Gasteiger partial charge on any atom is 0.248 e. The first-order valence-electron chi connectivity index (χ1n) is 7.45. The highest BCUT2D eigenvalue weighted by atomic mass is 32.1. The fourth-order valence-electron chi connectivity index (χ4n) is 2.94. The smallest absolute Gasteiger partial charge is 0.248 e. The number of primary amides is 1. The summed E-state index contributed by atoms with van der Waals surface area (Å²) in [4.78, 5) is 15.9. The van der Waals surface area contributed by atoms with E-state index in [0.29, 0.717) is 28.9 Å². The van der Waals surface area contributed by atoms with Gasteiger partial charge in [0.05, 0.1) is 10.2 Å². The van der Waals surface area contributed by atoms with Gasteiger partial charge in [0.1, 0.15) is 10.4 Å². The molecule has 0 saturated carbocycles. The summed E-state index contributed by atoms with van der Waals surface area (Å²) < 4.78 is 0.836. The Hall–Kier alpha value is -1.64. The van der Waals surface area contributed by atoms with Gasteiger partial charge in [-0.2, -0.15) is 0 Å². The molecule has 2 aromatic rings. The van der Waals surface area contributed by atoms with Gasteiger partial charge < -0.3 is 15.9 Å². The Kier molecular flexibility index (Phi) is 5.52.